The zero-order chi connectivity index (χ0) is 19.8. The van der Waals surface area contributed by atoms with E-state index in [4.69, 9.17) is 0 Å². The van der Waals surface area contributed by atoms with Crippen molar-refractivity contribution in [1.82, 2.24) is 4.98 Å². The minimum absolute atomic E-state index is 0.0138. The summed E-state index contributed by atoms with van der Waals surface area (Å²) in [5.41, 5.74) is -2.08. The van der Waals surface area contributed by atoms with Crippen LogP contribution < -0.4 is 5.56 Å². The SMILES string of the molecule is O=c1[nH]cc(-c2cccc(C(F)(F)F)c2)cc1-c1cccc(C(F)(F)F)c1. The van der Waals surface area contributed by atoms with Crippen molar-refractivity contribution >= 4 is 0 Å². The van der Waals surface area contributed by atoms with E-state index in [1.807, 2.05) is 0 Å². The van der Waals surface area contributed by atoms with Gasteiger partial charge in [0.05, 0.1) is 11.1 Å². The van der Waals surface area contributed by atoms with Crippen LogP contribution in [0, 0.1) is 0 Å². The van der Waals surface area contributed by atoms with E-state index in [2.05, 4.69) is 4.98 Å². The van der Waals surface area contributed by atoms with E-state index in [1.54, 1.807) is 0 Å². The molecule has 2 nitrogen and oxygen atoms in total. The van der Waals surface area contributed by atoms with E-state index in [1.165, 1.54) is 30.5 Å². The molecule has 0 unspecified atom stereocenters. The van der Waals surface area contributed by atoms with E-state index in [9.17, 15) is 31.1 Å². The van der Waals surface area contributed by atoms with E-state index in [0.29, 0.717) is 0 Å². The molecule has 0 aliphatic heterocycles. The summed E-state index contributed by atoms with van der Waals surface area (Å²) in [6.07, 6.45) is -7.90. The first-order valence-corrected chi connectivity index (χ1v) is 7.64. The molecule has 0 bridgehead atoms. The van der Waals surface area contributed by atoms with Crippen molar-refractivity contribution in [2.24, 2.45) is 0 Å². The average molecular weight is 383 g/mol. The predicted molar refractivity (Wildman–Crippen MR) is 87.9 cm³/mol. The molecule has 1 N–H and O–H groups in total. The molecule has 3 aromatic rings. The minimum atomic E-state index is -4.58. The summed E-state index contributed by atoms with van der Waals surface area (Å²) in [5.74, 6) is 0. The second-order valence-electron chi connectivity index (χ2n) is 5.79. The molecular formula is C19H11F6NO. The lowest BCUT2D eigenvalue weighted by atomic mass is 9.99. The Hall–Kier alpha value is -3.03. The van der Waals surface area contributed by atoms with E-state index in [0.717, 1.165) is 30.3 Å². The van der Waals surface area contributed by atoms with Crippen LogP contribution in [0.2, 0.25) is 0 Å². The van der Waals surface area contributed by atoms with Crippen molar-refractivity contribution in [3.63, 3.8) is 0 Å². The van der Waals surface area contributed by atoms with Crippen LogP contribution in [0.5, 0.6) is 0 Å². The summed E-state index contributed by atoms with van der Waals surface area (Å²) < 4.78 is 77.3. The number of aromatic nitrogens is 1. The Morgan fingerprint density at radius 3 is 1.74 bits per heavy atom. The van der Waals surface area contributed by atoms with Gasteiger partial charge in [-0.25, -0.2) is 0 Å². The normalized spacial score (nSPS) is 12.2. The molecule has 0 spiro atoms. The van der Waals surface area contributed by atoms with Crippen molar-refractivity contribution in [2.45, 2.75) is 12.4 Å². The van der Waals surface area contributed by atoms with Gasteiger partial charge in [0.1, 0.15) is 0 Å². The Balaban J connectivity index is 2.10. The second-order valence-corrected chi connectivity index (χ2v) is 5.79. The fourth-order valence-corrected chi connectivity index (χ4v) is 2.60. The highest BCUT2D eigenvalue weighted by Crippen LogP contribution is 2.34. The molecule has 3 rings (SSSR count). The molecule has 140 valence electrons. The maximum Gasteiger partial charge on any atom is 0.416 e. The topological polar surface area (TPSA) is 32.9 Å². The number of halogens is 6. The summed E-state index contributed by atoms with van der Waals surface area (Å²) in [6, 6.07) is 9.89. The maximum atomic E-state index is 12.9. The molecule has 0 saturated carbocycles. The van der Waals surface area contributed by atoms with Crippen LogP contribution in [0.3, 0.4) is 0 Å². The third-order valence-electron chi connectivity index (χ3n) is 3.93. The maximum absolute atomic E-state index is 12.9. The number of alkyl halides is 6. The smallest absolute Gasteiger partial charge is 0.328 e. The number of hydrogen-bond donors (Lipinski definition) is 1. The highest BCUT2D eigenvalue weighted by molar-refractivity contribution is 5.72. The molecule has 8 heteroatoms. The van der Waals surface area contributed by atoms with Gasteiger partial charge < -0.3 is 4.98 Å². The number of benzene rings is 2. The highest BCUT2D eigenvalue weighted by Gasteiger charge is 2.31. The fourth-order valence-electron chi connectivity index (χ4n) is 2.60. The first-order chi connectivity index (χ1) is 12.6. The zero-order valence-corrected chi connectivity index (χ0v) is 13.4. The number of aromatic amines is 1. The summed E-state index contributed by atoms with van der Waals surface area (Å²) in [5, 5.41) is 0. The lowest BCUT2D eigenvalue weighted by Gasteiger charge is -2.11. The van der Waals surface area contributed by atoms with Gasteiger partial charge >= 0.3 is 12.4 Å². The lowest BCUT2D eigenvalue weighted by molar-refractivity contribution is -0.138. The van der Waals surface area contributed by atoms with Crippen LogP contribution in [0.25, 0.3) is 22.3 Å². The second kappa shape index (κ2) is 6.61. The van der Waals surface area contributed by atoms with Gasteiger partial charge in [-0.05, 0) is 47.0 Å². The van der Waals surface area contributed by atoms with Gasteiger partial charge in [-0.1, -0.05) is 24.3 Å². The quantitative estimate of drug-likeness (QED) is 0.562. The molecule has 0 aliphatic carbocycles. The average Bonchev–Trinajstić information content (AvgIpc) is 2.61. The van der Waals surface area contributed by atoms with Crippen LogP contribution in [-0.4, -0.2) is 4.98 Å². The Labute approximate surface area is 149 Å². The first-order valence-electron chi connectivity index (χ1n) is 7.64. The van der Waals surface area contributed by atoms with Crippen LogP contribution in [0.4, 0.5) is 26.3 Å². The third-order valence-corrected chi connectivity index (χ3v) is 3.93. The van der Waals surface area contributed by atoms with E-state index in [-0.39, 0.29) is 22.3 Å². The molecule has 0 saturated heterocycles. The number of H-pyrrole nitrogens is 1. The number of hydrogen-bond acceptors (Lipinski definition) is 1. The Morgan fingerprint density at radius 2 is 1.19 bits per heavy atom. The van der Waals surface area contributed by atoms with Gasteiger partial charge in [-0.3, -0.25) is 4.79 Å². The lowest BCUT2D eigenvalue weighted by Crippen LogP contribution is -2.10. The summed E-state index contributed by atoms with van der Waals surface area (Å²) in [7, 11) is 0. The van der Waals surface area contributed by atoms with Crippen molar-refractivity contribution in [3.05, 3.63) is 82.3 Å². The van der Waals surface area contributed by atoms with Crippen molar-refractivity contribution in [3.8, 4) is 22.3 Å². The van der Waals surface area contributed by atoms with Crippen LogP contribution in [0.15, 0.2) is 65.6 Å². The molecule has 0 fully saturated rings. The van der Waals surface area contributed by atoms with Crippen LogP contribution in [-0.2, 0) is 12.4 Å². The Morgan fingerprint density at radius 1 is 0.667 bits per heavy atom. The molecule has 0 radical (unpaired) electrons. The third kappa shape index (κ3) is 4.05. The molecule has 2 aromatic carbocycles. The van der Waals surface area contributed by atoms with Crippen molar-refractivity contribution < 1.29 is 26.3 Å². The molecule has 0 amide bonds. The van der Waals surface area contributed by atoms with Gasteiger partial charge in [-0.15, -0.1) is 0 Å². The molecule has 1 aromatic heterocycles. The van der Waals surface area contributed by atoms with Crippen LogP contribution >= 0.6 is 0 Å². The van der Waals surface area contributed by atoms with Crippen molar-refractivity contribution in [2.75, 3.05) is 0 Å². The molecule has 27 heavy (non-hydrogen) atoms. The number of rotatable bonds is 2. The summed E-state index contributed by atoms with van der Waals surface area (Å²) >= 11 is 0. The summed E-state index contributed by atoms with van der Waals surface area (Å²) in [4.78, 5) is 14.4. The summed E-state index contributed by atoms with van der Waals surface area (Å²) in [6.45, 7) is 0. The van der Waals surface area contributed by atoms with Crippen molar-refractivity contribution in [1.29, 1.82) is 0 Å². The zero-order valence-electron chi connectivity index (χ0n) is 13.4. The Bertz CT molecular complexity index is 1030. The molecule has 0 aliphatic rings. The van der Waals surface area contributed by atoms with Gasteiger partial charge in [0.2, 0.25) is 0 Å². The van der Waals surface area contributed by atoms with Gasteiger partial charge in [0, 0.05) is 11.8 Å². The fraction of sp³-hybridized carbons (Fsp3) is 0.105. The standard InChI is InChI=1S/C19H11F6NO/c20-18(21,22)14-5-1-3-11(7-14)13-9-16(17(27)26-10-13)12-4-2-6-15(8-12)19(23,24)25/h1-10H,(H,26,27). The minimum Gasteiger partial charge on any atom is -0.328 e. The highest BCUT2D eigenvalue weighted by atomic mass is 19.4. The first kappa shape index (κ1) is 18.8. The predicted octanol–water partition coefficient (Wildman–Crippen LogP) is 5.75. The largest absolute Gasteiger partial charge is 0.416 e. The van der Waals surface area contributed by atoms with Gasteiger partial charge in [0.25, 0.3) is 5.56 Å². The number of nitrogens with one attached hydrogen (secondary N) is 1. The number of pyridine rings is 1. The van der Waals surface area contributed by atoms with E-state index < -0.39 is 29.0 Å². The van der Waals surface area contributed by atoms with E-state index >= 15 is 0 Å². The molecule has 1 heterocycles. The molecular weight excluding hydrogens is 372 g/mol. The molecule has 0 atom stereocenters. The van der Waals surface area contributed by atoms with Gasteiger partial charge in [0.15, 0.2) is 0 Å². The monoisotopic (exact) mass is 383 g/mol. The van der Waals surface area contributed by atoms with Crippen LogP contribution in [0.1, 0.15) is 11.1 Å². The van der Waals surface area contributed by atoms with Gasteiger partial charge in [-0.2, -0.15) is 26.3 Å². The Kier molecular flexibility index (Phi) is 4.59.